The van der Waals surface area contributed by atoms with Gasteiger partial charge in [0.05, 0.1) is 10.6 Å². The van der Waals surface area contributed by atoms with E-state index < -0.39 is 0 Å². The Bertz CT molecular complexity index is 423. The van der Waals surface area contributed by atoms with Crippen LogP contribution >= 0.6 is 11.6 Å². The third-order valence-electron chi connectivity index (χ3n) is 3.45. The standard InChI is InChI=1S/C17H25ClN2/c1-2-3-4-5-6-7-8-9-12-20-16-10-11-17(18)15(13-16)14-19/h10-11,13,20H,2-9,12H2,1H3. The van der Waals surface area contributed by atoms with E-state index in [1.54, 1.807) is 6.07 Å². The van der Waals surface area contributed by atoms with Gasteiger partial charge in [0.1, 0.15) is 6.07 Å². The van der Waals surface area contributed by atoms with Crippen molar-refractivity contribution in [2.24, 2.45) is 0 Å². The molecule has 1 N–H and O–H groups in total. The number of halogens is 1. The smallest absolute Gasteiger partial charge is 0.101 e. The summed E-state index contributed by atoms with van der Waals surface area (Å²) in [6, 6.07) is 7.61. The molecule has 20 heavy (non-hydrogen) atoms. The second kappa shape index (κ2) is 10.6. The maximum Gasteiger partial charge on any atom is 0.101 e. The van der Waals surface area contributed by atoms with Crippen molar-refractivity contribution in [1.82, 2.24) is 0 Å². The van der Waals surface area contributed by atoms with Crippen molar-refractivity contribution < 1.29 is 0 Å². The second-order valence-corrected chi connectivity index (χ2v) is 5.62. The largest absolute Gasteiger partial charge is 0.385 e. The first-order valence-corrected chi connectivity index (χ1v) is 8.09. The molecule has 0 saturated carbocycles. The van der Waals surface area contributed by atoms with E-state index in [1.165, 1.54) is 51.4 Å². The van der Waals surface area contributed by atoms with E-state index in [2.05, 4.69) is 18.3 Å². The Morgan fingerprint density at radius 3 is 2.35 bits per heavy atom. The first-order valence-electron chi connectivity index (χ1n) is 7.71. The normalized spacial score (nSPS) is 10.2. The van der Waals surface area contributed by atoms with E-state index in [9.17, 15) is 0 Å². The molecule has 2 nitrogen and oxygen atoms in total. The van der Waals surface area contributed by atoms with Crippen LogP contribution in [0.15, 0.2) is 18.2 Å². The van der Waals surface area contributed by atoms with Crippen LogP contribution in [0.5, 0.6) is 0 Å². The molecule has 0 saturated heterocycles. The monoisotopic (exact) mass is 292 g/mol. The molecule has 0 heterocycles. The van der Waals surface area contributed by atoms with Crippen LogP contribution in [0.1, 0.15) is 63.9 Å². The Kier molecular flexibility index (Phi) is 8.91. The summed E-state index contributed by atoms with van der Waals surface area (Å²) in [6.45, 7) is 3.21. The molecule has 110 valence electrons. The Balaban J connectivity index is 2.08. The van der Waals surface area contributed by atoms with Gasteiger partial charge < -0.3 is 5.32 Å². The highest BCUT2D eigenvalue weighted by Crippen LogP contribution is 2.19. The summed E-state index contributed by atoms with van der Waals surface area (Å²) in [7, 11) is 0. The molecule has 0 radical (unpaired) electrons. The van der Waals surface area contributed by atoms with E-state index in [0.29, 0.717) is 10.6 Å². The van der Waals surface area contributed by atoms with Gasteiger partial charge in [-0.3, -0.25) is 0 Å². The van der Waals surface area contributed by atoms with Crippen LogP contribution < -0.4 is 5.32 Å². The summed E-state index contributed by atoms with van der Waals surface area (Å²) in [4.78, 5) is 0. The first-order chi connectivity index (χ1) is 9.77. The lowest BCUT2D eigenvalue weighted by atomic mass is 10.1. The number of nitriles is 1. The van der Waals surface area contributed by atoms with Gasteiger partial charge in [0.25, 0.3) is 0 Å². The van der Waals surface area contributed by atoms with Crippen LogP contribution in [-0.4, -0.2) is 6.54 Å². The van der Waals surface area contributed by atoms with Gasteiger partial charge in [-0.2, -0.15) is 5.26 Å². The minimum absolute atomic E-state index is 0.519. The van der Waals surface area contributed by atoms with Gasteiger partial charge in [0.2, 0.25) is 0 Å². The fourth-order valence-corrected chi connectivity index (χ4v) is 2.37. The molecule has 1 aromatic rings. The highest BCUT2D eigenvalue weighted by Gasteiger charge is 2.00. The molecule has 0 atom stereocenters. The lowest BCUT2D eigenvalue weighted by Crippen LogP contribution is -2.01. The summed E-state index contributed by atoms with van der Waals surface area (Å²) >= 11 is 5.90. The van der Waals surface area contributed by atoms with Crippen LogP contribution in [0.2, 0.25) is 5.02 Å². The van der Waals surface area contributed by atoms with E-state index >= 15 is 0 Å². The van der Waals surface area contributed by atoms with Gasteiger partial charge in [-0.15, -0.1) is 0 Å². The fraction of sp³-hybridized carbons (Fsp3) is 0.588. The third kappa shape index (κ3) is 6.82. The van der Waals surface area contributed by atoms with Gasteiger partial charge in [-0.1, -0.05) is 63.5 Å². The highest BCUT2D eigenvalue weighted by atomic mass is 35.5. The highest BCUT2D eigenvalue weighted by molar-refractivity contribution is 6.31. The van der Waals surface area contributed by atoms with Gasteiger partial charge in [0.15, 0.2) is 0 Å². The second-order valence-electron chi connectivity index (χ2n) is 5.21. The molecule has 1 aromatic carbocycles. The van der Waals surface area contributed by atoms with Crippen molar-refractivity contribution in [3.05, 3.63) is 28.8 Å². The van der Waals surface area contributed by atoms with Crippen molar-refractivity contribution in [3.8, 4) is 6.07 Å². The molecule has 0 amide bonds. The molecular formula is C17H25ClN2. The first kappa shape index (κ1) is 16.9. The summed E-state index contributed by atoms with van der Waals surface area (Å²) in [5.41, 5.74) is 1.52. The Labute approximate surface area is 128 Å². The average Bonchev–Trinajstić information content (AvgIpc) is 2.47. The quantitative estimate of drug-likeness (QED) is 0.556. The van der Waals surface area contributed by atoms with Crippen LogP contribution in [0.25, 0.3) is 0 Å². The number of rotatable bonds is 10. The number of hydrogen-bond acceptors (Lipinski definition) is 2. The number of benzene rings is 1. The molecule has 0 bridgehead atoms. The van der Waals surface area contributed by atoms with Crippen molar-refractivity contribution in [3.63, 3.8) is 0 Å². The van der Waals surface area contributed by atoms with Gasteiger partial charge in [-0.25, -0.2) is 0 Å². The zero-order valence-corrected chi connectivity index (χ0v) is 13.2. The molecule has 0 aliphatic rings. The van der Waals surface area contributed by atoms with Gasteiger partial charge >= 0.3 is 0 Å². The van der Waals surface area contributed by atoms with Crippen LogP contribution in [0, 0.1) is 11.3 Å². The van der Waals surface area contributed by atoms with E-state index in [4.69, 9.17) is 16.9 Å². The lowest BCUT2D eigenvalue weighted by Gasteiger charge is -2.07. The predicted molar refractivity (Wildman–Crippen MR) is 87.3 cm³/mol. The van der Waals surface area contributed by atoms with E-state index in [0.717, 1.165) is 12.2 Å². The predicted octanol–water partition coefficient (Wildman–Crippen LogP) is 5.76. The van der Waals surface area contributed by atoms with Gasteiger partial charge in [-0.05, 0) is 24.6 Å². The minimum Gasteiger partial charge on any atom is -0.385 e. The number of nitrogens with zero attached hydrogens (tertiary/aromatic N) is 1. The van der Waals surface area contributed by atoms with Crippen molar-refractivity contribution in [2.45, 2.75) is 58.3 Å². The van der Waals surface area contributed by atoms with Crippen molar-refractivity contribution in [2.75, 3.05) is 11.9 Å². The Hall–Kier alpha value is -1.20. The molecule has 0 spiro atoms. The molecular weight excluding hydrogens is 268 g/mol. The van der Waals surface area contributed by atoms with Crippen molar-refractivity contribution in [1.29, 1.82) is 5.26 Å². The molecule has 1 rings (SSSR count). The van der Waals surface area contributed by atoms with E-state index in [-0.39, 0.29) is 0 Å². The molecule has 3 heteroatoms. The average molecular weight is 293 g/mol. The zero-order valence-electron chi connectivity index (χ0n) is 12.4. The number of hydrogen-bond donors (Lipinski definition) is 1. The Morgan fingerprint density at radius 2 is 1.70 bits per heavy atom. The molecule has 0 aliphatic heterocycles. The summed E-state index contributed by atoms with van der Waals surface area (Å²) in [5, 5.41) is 12.8. The maximum atomic E-state index is 8.91. The third-order valence-corrected chi connectivity index (χ3v) is 3.78. The fourth-order valence-electron chi connectivity index (χ4n) is 2.21. The van der Waals surface area contributed by atoms with Gasteiger partial charge in [0, 0.05) is 12.2 Å². The SMILES string of the molecule is CCCCCCCCCCNc1ccc(Cl)c(C#N)c1. The van der Waals surface area contributed by atoms with Crippen LogP contribution in [-0.2, 0) is 0 Å². The number of nitrogens with one attached hydrogen (secondary N) is 1. The van der Waals surface area contributed by atoms with E-state index in [1.807, 2.05) is 12.1 Å². The minimum atomic E-state index is 0.519. The van der Waals surface area contributed by atoms with Crippen LogP contribution in [0.4, 0.5) is 5.69 Å². The lowest BCUT2D eigenvalue weighted by molar-refractivity contribution is 0.581. The molecule has 0 aliphatic carbocycles. The summed E-state index contributed by atoms with van der Waals surface area (Å²) in [5.74, 6) is 0. The zero-order chi connectivity index (χ0) is 14.6. The van der Waals surface area contributed by atoms with Crippen molar-refractivity contribution >= 4 is 17.3 Å². The number of anilines is 1. The summed E-state index contributed by atoms with van der Waals surface area (Å²) in [6.07, 6.45) is 10.6. The summed E-state index contributed by atoms with van der Waals surface area (Å²) < 4.78 is 0. The maximum absolute atomic E-state index is 8.91. The van der Waals surface area contributed by atoms with Crippen LogP contribution in [0.3, 0.4) is 0 Å². The topological polar surface area (TPSA) is 35.8 Å². The molecule has 0 unspecified atom stereocenters. The Morgan fingerprint density at radius 1 is 1.05 bits per heavy atom. The molecule has 0 fully saturated rings. The molecule has 0 aromatic heterocycles. The number of unbranched alkanes of at least 4 members (excludes halogenated alkanes) is 7.